The van der Waals surface area contributed by atoms with Crippen LogP contribution >= 0.6 is 0 Å². The highest BCUT2D eigenvalue weighted by atomic mass is 32.2. The molecule has 2 rings (SSSR count). The van der Waals surface area contributed by atoms with Crippen molar-refractivity contribution in [3.05, 3.63) is 0 Å². The SMILES string of the molecule is CC1CCCCN1S(=O)(=O)N1CCOCC1C(=O)O. The van der Waals surface area contributed by atoms with Gasteiger partial charge in [0.1, 0.15) is 6.04 Å². The van der Waals surface area contributed by atoms with Crippen LogP contribution in [0.4, 0.5) is 0 Å². The molecule has 7 nitrogen and oxygen atoms in total. The van der Waals surface area contributed by atoms with Crippen LogP contribution in [0.15, 0.2) is 0 Å². The molecule has 8 heteroatoms. The van der Waals surface area contributed by atoms with Crippen molar-refractivity contribution in [3.8, 4) is 0 Å². The third-order valence-electron chi connectivity index (χ3n) is 3.70. The van der Waals surface area contributed by atoms with Gasteiger partial charge >= 0.3 is 5.97 Å². The van der Waals surface area contributed by atoms with Crippen LogP contribution in [-0.4, -0.2) is 66.5 Å². The molecule has 0 radical (unpaired) electrons. The molecule has 0 saturated carbocycles. The highest BCUT2D eigenvalue weighted by molar-refractivity contribution is 7.86. The van der Waals surface area contributed by atoms with Crippen molar-refractivity contribution in [1.82, 2.24) is 8.61 Å². The number of ether oxygens (including phenoxy) is 1. The molecule has 2 atom stereocenters. The van der Waals surface area contributed by atoms with Gasteiger partial charge in [0.05, 0.1) is 13.2 Å². The zero-order valence-electron chi connectivity index (χ0n) is 11.0. The van der Waals surface area contributed by atoms with Crippen LogP contribution < -0.4 is 0 Å². The summed E-state index contributed by atoms with van der Waals surface area (Å²) in [5.74, 6) is -1.16. The second-order valence-corrected chi connectivity index (χ2v) is 6.84. The van der Waals surface area contributed by atoms with Gasteiger partial charge < -0.3 is 9.84 Å². The van der Waals surface area contributed by atoms with E-state index in [0.29, 0.717) is 6.54 Å². The largest absolute Gasteiger partial charge is 0.480 e. The minimum atomic E-state index is -3.72. The zero-order valence-corrected chi connectivity index (χ0v) is 11.8. The summed E-state index contributed by atoms with van der Waals surface area (Å²) in [5, 5.41) is 9.13. The number of carboxylic acids is 1. The van der Waals surface area contributed by atoms with E-state index in [-0.39, 0.29) is 25.8 Å². The Morgan fingerprint density at radius 3 is 2.63 bits per heavy atom. The minimum Gasteiger partial charge on any atom is -0.480 e. The van der Waals surface area contributed by atoms with Gasteiger partial charge in [0.25, 0.3) is 10.2 Å². The molecule has 2 unspecified atom stereocenters. The van der Waals surface area contributed by atoms with E-state index < -0.39 is 22.2 Å². The first-order chi connectivity index (χ1) is 8.94. The summed E-state index contributed by atoms with van der Waals surface area (Å²) in [6.07, 6.45) is 2.66. The normalized spacial score (nSPS) is 31.2. The fraction of sp³-hybridized carbons (Fsp3) is 0.909. The van der Waals surface area contributed by atoms with E-state index in [9.17, 15) is 13.2 Å². The second kappa shape index (κ2) is 5.74. The molecule has 0 bridgehead atoms. The van der Waals surface area contributed by atoms with Crippen molar-refractivity contribution < 1.29 is 23.1 Å². The monoisotopic (exact) mass is 292 g/mol. The van der Waals surface area contributed by atoms with Crippen LogP contribution in [0.25, 0.3) is 0 Å². The van der Waals surface area contributed by atoms with Gasteiger partial charge in [-0.15, -0.1) is 0 Å². The van der Waals surface area contributed by atoms with Gasteiger partial charge in [-0.05, 0) is 19.8 Å². The number of piperidine rings is 1. The standard InChI is InChI=1S/C11H20N2O5S/c1-9-4-2-3-5-12(9)19(16,17)13-6-7-18-8-10(13)11(14)15/h9-10H,2-8H2,1H3,(H,14,15). The fourth-order valence-electron chi connectivity index (χ4n) is 2.61. The van der Waals surface area contributed by atoms with Crippen molar-refractivity contribution in [3.63, 3.8) is 0 Å². The first-order valence-electron chi connectivity index (χ1n) is 6.53. The Balaban J connectivity index is 2.23. The van der Waals surface area contributed by atoms with E-state index in [1.165, 1.54) is 4.31 Å². The van der Waals surface area contributed by atoms with E-state index >= 15 is 0 Å². The van der Waals surface area contributed by atoms with Crippen molar-refractivity contribution in [2.24, 2.45) is 0 Å². The molecule has 110 valence electrons. The summed E-state index contributed by atoms with van der Waals surface area (Å²) in [6.45, 7) is 2.59. The molecule has 2 fully saturated rings. The Hall–Kier alpha value is -0.700. The van der Waals surface area contributed by atoms with Crippen LogP contribution in [0, 0.1) is 0 Å². The summed E-state index contributed by atoms with van der Waals surface area (Å²) in [7, 11) is -3.72. The predicted molar refractivity (Wildman–Crippen MR) is 67.9 cm³/mol. The average molecular weight is 292 g/mol. The topological polar surface area (TPSA) is 87.2 Å². The number of hydrogen-bond acceptors (Lipinski definition) is 4. The smallest absolute Gasteiger partial charge is 0.324 e. The fourth-order valence-corrected chi connectivity index (χ4v) is 4.58. The Morgan fingerprint density at radius 2 is 2.00 bits per heavy atom. The minimum absolute atomic E-state index is 0.0731. The maximum absolute atomic E-state index is 12.6. The third-order valence-corrected chi connectivity index (χ3v) is 5.86. The molecular formula is C11H20N2O5S. The predicted octanol–water partition coefficient (Wildman–Crippen LogP) is -0.109. The molecular weight excluding hydrogens is 272 g/mol. The lowest BCUT2D eigenvalue weighted by Gasteiger charge is -2.39. The maximum atomic E-state index is 12.6. The quantitative estimate of drug-likeness (QED) is 0.784. The Kier molecular flexibility index (Phi) is 4.44. The first-order valence-corrected chi connectivity index (χ1v) is 7.93. The molecule has 19 heavy (non-hydrogen) atoms. The summed E-state index contributed by atoms with van der Waals surface area (Å²) in [4.78, 5) is 11.2. The van der Waals surface area contributed by atoms with E-state index in [1.54, 1.807) is 0 Å². The van der Waals surface area contributed by atoms with Gasteiger partial charge in [-0.2, -0.15) is 17.0 Å². The van der Waals surface area contributed by atoms with Crippen molar-refractivity contribution in [2.45, 2.75) is 38.3 Å². The molecule has 0 amide bonds. The van der Waals surface area contributed by atoms with E-state index in [2.05, 4.69) is 0 Å². The summed E-state index contributed by atoms with van der Waals surface area (Å²) in [6, 6.07) is -1.19. The van der Waals surface area contributed by atoms with Crippen LogP contribution in [-0.2, 0) is 19.7 Å². The van der Waals surface area contributed by atoms with E-state index in [0.717, 1.165) is 23.6 Å². The summed E-state index contributed by atoms with van der Waals surface area (Å²) < 4.78 is 32.8. The number of nitrogens with zero attached hydrogens (tertiary/aromatic N) is 2. The van der Waals surface area contributed by atoms with Gasteiger partial charge in [-0.1, -0.05) is 6.42 Å². The number of carbonyl (C=O) groups is 1. The lowest BCUT2D eigenvalue weighted by Crippen LogP contribution is -2.58. The first kappa shape index (κ1) is 14.7. The van der Waals surface area contributed by atoms with Gasteiger partial charge in [0.15, 0.2) is 0 Å². The number of aliphatic carboxylic acids is 1. The van der Waals surface area contributed by atoms with Crippen LogP contribution in [0.5, 0.6) is 0 Å². The highest BCUT2D eigenvalue weighted by Gasteiger charge is 2.42. The van der Waals surface area contributed by atoms with Gasteiger partial charge in [-0.25, -0.2) is 0 Å². The molecule has 2 aliphatic rings. The molecule has 0 aromatic carbocycles. The van der Waals surface area contributed by atoms with Crippen molar-refractivity contribution >= 4 is 16.2 Å². The molecule has 2 saturated heterocycles. The Morgan fingerprint density at radius 1 is 1.26 bits per heavy atom. The van der Waals surface area contributed by atoms with Gasteiger partial charge in [0, 0.05) is 19.1 Å². The second-order valence-electron chi connectivity index (χ2n) is 5.00. The van der Waals surface area contributed by atoms with Gasteiger partial charge in [-0.3, -0.25) is 4.79 Å². The highest BCUT2D eigenvalue weighted by Crippen LogP contribution is 2.24. The Labute approximate surface area is 113 Å². The van der Waals surface area contributed by atoms with Crippen LogP contribution in [0.1, 0.15) is 26.2 Å². The molecule has 0 spiro atoms. The molecule has 0 aromatic heterocycles. The summed E-state index contributed by atoms with van der Waals surface area (Å²) in [5.41, 5.74) is 0. The van der Waals surface area contributed by atoms with Gasteiger partial charge in [0.2, 0.25) is 0 Å². The molecule has 2 heterocycles. The number of hydrogen-bond donors (Lipinski definition) is 1. The van der Waals surface area contributed by atoms with Crippen LogP contribution in [0.3, 0.4) is 0 Å². The molecule has 0 aromatic rings. The van der Waals surface area contributed by atoms with Crippen molar-refractivity contribution in [2.75, 3.05) is 26.3 Å². The molecule has 1 N–H and O–H groups in total. The zero-order chi connectivity index (χ0) is 14.0. The lowest BCUT2D eigenvalue weighted by atomic mass is 10.1. The maximum Gasteiger partial charge on any atom is 0.324 e. The van der Waals surface area contributed by atoms with Crippen molar-refractivity contribution in [1.29, 1.82) is 0 Å². The van der Waals surface area contributed by atoms with E-state index in [4.69, 9.17) is 9.84 Å². The average Bonchev–Trinajstić information content (AvgIpc) is 2.39. The molecule has 0 aliphatic carbocycles. The number of carboxylic acid groups (broad SMARTS) is 1. The lowest BCUT2D eigenvalue weighted by molar-refractivity contribution is -0.146. The third kappa shape index (κ3) is 2.91. The Bertz CT molecular complexity index is 438. The number of rotatable bonds is 3. The van der Waals surface area contributed by atoms with E-state index in [1.807, 2.05) is 6.92 Å². The number of morpholine rings is 1. The molecule has 2 aliphatic heterocycles. The summed E-state index contributed by atoms with van der Waals surface area (Å²) >= 11 is 0. The van der Waals surface area contributed by atoms with Crippen LogP contribution in [0.2, 0.25) is 0 Å².